The zero-order valence-corrected chi connectivity index (χ0v) is 10.8. The molecule has 0 spiro atoms. The van der Waals surface area contributed by atoms with Crippen LogP contribution in [0.5, 0.6) is 0 Å². The number of fused-ring (bicyclic) bond motifs is 1. The summed E-state index contributed by atoms with van der Waals surface area (Å²) in [4.78, 5) is 12.4. The van der Waals surface area contributed by atoms with Crippen LogP contribution in [-0.2, 0) is 10.5 Å². The highest BCUT2D eigenvalue weighted by atomic mass is 35.5. The summed E-state index contributed by atoms with van der Waals surface area (Å²) in [7, 11) is 0. The Hall–Kier alpha value is -1.40. The second-order valence-electron chi connectivity index (χ2n) is 4.65. The van der Waals surface area contributed by atoms with E-state index < -0.39 is 5.72 Å². The standard InChI is InChI=1S/C11H14ClN5O/c1-11(3-2-7(4-12)18-11)17-6-16-8-9(13)14-5-15-10(8)17/h5-7H,2-4H2,1H3,(H2,13,14,15)/t7-,11?/m0/s1. The molecule has 3 heterocycles. The largest absolute Gasteiger partial charge is 0.382 e. The van der Waals surface area contributed by atoms with Gasteiger partial charge in [0, 0.05) is 5.88 Å². The molecule has 1 fully saturated rings. The van der Waals surface area contributed by atoms with Gasteiger partial charge in [-0.05, 0) is 19.8 Å². The number of hydrogen-bond acceptors (Lipinski definition) is 5. The molecule has 96 valence electrons. The number of hydrogen-bond donors (Lipinski definition) is 1. The van der Waals surface area contributed by atoms with Gasteiger partial charge in [0.05, 0.1) is 12.4 Å². The van der Waals surface area contributed by atoms with Gasteiger partial charge in [-0.3, -0.25) is 4.57 Å². The molecule has 18 heavy (non-hydrogen) atoms. The van der Waals surface area contributed by atoms with Crippen LogP contribution in [0.25, 0.3) is 11.2 Å². The van der Waals surface area contributed by atoms with Gasteiger partial charge in [-0.2, -0.15) is 0 Å². The molecule has 1 saturated heterocycles. The second-order valence-corrected chi connectivity index (χ2v) is 4.96. The van der Waals surface area contributed by atoms with E-state index in [1.807, 2.05) is 11.5 Å². The van der Waals surface area contributed by atoms with Crippen molar-refractivity contribution in [1.82, 2.24) is 19.5 Å². The third-order valence-electron chi connectivity index (χ3n) is 3.39. The molecule has 2 aromatic rings. The van der Waals surface area contributed by atoms with Crippen LogP contribution in [0.4, 0.5) is 5.82 Å². The van der Waals surface area contributed by atoms with E-state index in [9.17, 15) is 0 Å². The lowest BCUT2D eigenvalue weighted by Crippen LogP contribution is -2.30. The van der Waals surface area contributed by atoms with Crippen molar-refractivity contribution >= 4 is 28.6 Å². The number of nitrogens with two attached hydrogens (primary N) is 1. The molecule has 0 aliphatic carbocycles. The van der Waals surface area contributed by atoms with Crippen LogP contribution >= 0.6 is 11.6 Å². The van der Waals surface area contributed by atoms with E-state index in [4.69, 9.17) is 22.1 Å². The van der Waals surface area contributed by atoms with E-state index in [1.54, 1.807) is 6.33 Å². The average Bonchev–Trinajstić information content (AvgIpc) is 2.94. The van der Waals surface area contributed by atoms with Crippen molar-refractivity contribution in [2.45, 2.75) is 31.6 Å². The average molecular weight is 268 g/mol. The predicted molar refractivity (Wildman–Crippen MR) is 68.2 cm³/mol. The maximum atomic E-state index is 5.98. The van der Waals surface area contributed by atoms with Crippen LogP contribution in [0, 0.1) is 0 Å². The van der Waals surface area contributed by atoms with Gasteiger partial charge in [0.15, 0.2) is 11.5 Å². The summed E-state index contributed by atoms with van der Waals surface area (Å²) in [5, 5.41) is 0. The molecule has 0 radical (unpaired) electrons. The topological polar surface area (TPSA) is 78.9 Å². The van der Waals surface area contributed by atoms with Gasteiger partial charge in [0.1, 0.15) is 17.6 Å². The van der Waals surface area contributed by atoms with Gasteiger partial charge in [0.2, 0.25) is 0 Å². The van der Waals surface area contributed by atoms with Gasteiger partial charge in [-0.15, -0.1) is 11.6 Å². The van der Waals surface area contributed by atoms with Gasteiger partial charge in [0.25, 0.3) is 0 Å². The first-order chi connectivity index (χ1) is 8.64. The third kappa shape index (κ3) is 1.64. The SMILES string of the molecule is CC1(n2cnc3c(N)ncnc32)CC[C@@H](CCl)O1. The smallest absolute Gasteiger partial charge is 0.167 e. The molecule has 1 aliphatic rings. The summed E-state index contributed by atoms with van der Waals surface area (Å²) in [6.45, 7) is 2.01. The van der Waals surface area contributed by atoms with E-state index in [0.717, 1.165) is 12.8 Å². The Labute approximate surface area is 109 Å². The molecule has 6 nitrogen and oxygen atoms in total. The molecule has 3 rings (SSSR count). The third-order valence-corrected chi connectivity index (χ3v) is 3.74. The van der Waals surface area contributed by atoms with E-state index in [1.165, 1.54) is 6.33 Å². The molecule has 2 aromatic heterocycles. The minimum atomic E-state index is -0.463. The Balaban J connectivity index is 2.07. The van der Waals surface area contributed by atoms with Crippen molar-refractivity contribution in [3.63, 3.8) is 0 Å². The summed E-state index contributed by atoms with van der Waals surface area (Å²) in [6.07, 6.45) is 5.02. The molecule has 0 aromatic carbocycles. The number of halogens is 1. The normalized spacial score (nSPS) is 28.0. The molecule has 7 heteroatoms. The summed E-state index contributed by atoms with van der Waals surface area (Å²) < 4.78 is 7.89. The van der Waals surface area contributed by atoms with Crippen LogP contribution in [0.2, 0.25) is 0 Å². The highest BCUT2D eigenvalue weighted by molar-refractivity contribution is 6.18. The van der Waals surface area contributed by atoms with Crippen molar-refractivity contribution in [2.75, 3.05) is 11.6 Å². The van der Waals surface area contributed by atoms with E-state index in [0.29, 0.717) is 22.9 Å². The van der Waals surface area contributed by atoms with Crippen LogP contribution in [-0.4, -0.2) is 31.5 Å². The fraction of sp³-hybridized carbons (Fsp3) is 0.545. The number of nitrogens with zero attached hydrogens (tertiary/aromatic N) is 4. The van der Waals surface area contributed by atoms with E-state index in [2.05, 4.69) is 15.0 Å². The molecular weight excluding hydrogens is 254 g/mol. The number of ether oxygens (including phenoxy) is 1. The maximum absolute atomic E-state index is 5.98. The molecule has 1 unspecified atom stereocenters. The number of aromatic nitrogens is 4. The minimum absolute atomic E-state index is 0.0771. The van der Waals surface area contributed by atoms with Crippen LogP contribution in [0.15, 0.2) is 12.7 Å². The fourth-order valence-electron chi connectivity index (χ4n) is 2.39. The lowest BCUT2D eigenvalue weighted by molar-refractivity contribution is -0.0748. The molecule has 0 bridgehead atoms. The Kier molecular flexibility index (Phi) is 2.64. The van der Waals surface area contributed by atoms with Gasteiger partial charge in [-0.1, -0.05) is 0 Å². The molecule has 0 amide bonds. The lowest BCUT2D eigenvalue weighted by Gasteiger charge is -2.26. The van der Waals surface area contributed by atoms with Gasteiger partial charge < -0.3 is 10.5 Å². The lowest BCUT2D eigenvalue weighted by atomic mass is 10.1. The predicted octanol–water partition coefficient (Wildman–Crippen LogP) is 1.50. The van der Waals surface area contributed by atoms with Crippen molar-refractivity contribution in [3.05, 3.63) is 12.7 Å². The number of nitrogen functional groups attached to an aromatic ring is 1. The first kappa shape index (κ1) is 11.7. The van der Waals surface area contributed by atoms with Crippen molar-refractivity contribution in [2.24, 2.45) is 0 Å². The van der Waals surface area contributed by atoms with Crippen molar-refractivity contribution in [1.29, 1.82) is 0 Å². The summed E-state index contributed by atoms with van der Waals surface area (Å²) >= 11 is 5.84. The monoisotopic (exact) mass is 267 g/mol. The zero-order chi connectivity index (χ0) is 12.8. The Morgan fingerprint density at radius 2 is 2.39 bits per heavy atom. The summed E-state index contributed by atoms with van der Waals surface area (Å²) in [6, 6.07) is 0. The summed E-state index contributed by atoms with van der Waals surface area (Å²) in [5.41, 5.74) is 6.62. The number of imidazole rings is 1. The number of alkyl halides is 1. The second kappa shape index (κ2) is 4.07. The minimum Gasteiger partial charge on any atom is -0.382 e. The molecule has 1 aliphatic heterocycles. The number of rotatable bonds is 2. The quantitative estimate of drug-likeness (QED) is 0.834. The van der Waals surface area contributed by atoms with E-state index >= 15 is 0 Å². The van der Waals surface area contributed by atoms with E-state index in [-0.39, 0.29) is 6.10 Å². The molecule has 0 saturated carbocycles. The molecule has 2 N–H and O–H groups in total. The number of anilines is 1. The van der Waals surface area contributed by atoms with Crippen LogP contribution in [0.1, 0.15) is 19.8 Å². The fourth-order valence-corrected chi connectivity index (χ4v) is 2.61. The zero-order valence-electron chi connectivity index (χ0n) is 10.0. The molecule has 2 atom stereocenters. The van der Waals surface area contributed by atoms with Gasteiger partial charge >= 0.3 is 0 Å². The Morgan fingerprint density at radius 1 is 1.56 bits per heavy atom. The van der Waals surface area contributed by atoms with Gasteiger partial charge in [-0.25, -0.2) is 15.0 Å². The van der Waals surface area contributed by atoms with Crippen molar-refractivity contribution < 1.29 is 4.74 Å². The Morgan fingerprint density at radius 3 is 3.11 bits per heavy atom. The first-order valence-corrected chi connectivity index (χ1v) is 6.35. The van der Waals surface area contributed by atoms with Crippen molar-refractivity contribution in [3.8, 4) is 0 Å². The van der Waals surface area contributed by atoms with Crippen LogP contribution < -0.4 is 5.73 Å². The Bertz CT molecular complexity index is 586. The first-order valence-electron chi connectivity index (χ1n) is 5.82. The molecular formula is C11H14ClN5O. The highest BCUT2D eigenvalue weighted by Crippen LogP contribution is 2.36. The summed E-state index contributed by atoms with van der Waals surface area (Å²) in [5.74, 6) is 0.883. The van der Waals surface area contributed by atoms with Crippen LogP contribution in [0.3, 0.4) is 0 Å². The highest BCUT2D eigenvalue weighted by Gasteiger charge is 2.38. The maximum Gasteiger partial charge on any atom is 0.167 e.